The molecule has 4 aromatic rings. The number of methoxy groups -OCH3 is 1. The van der Waals surface area contributed by atoms with Crippen LogP contribution in [0.15, 0.2) is 60.7 Å². The lowest BCUT2D eigenvalue weighted by Crippen LogP contribution is -2.32. The number of aromatic nitrogens is 2. The number of H-pyrrole nitrogens is 1. The quantitative estimate of drug-likeness (QED) is 0.379. The Morgan fingerprint density at radius 1 is 1.06 bits per heavy atom. The molecule has 2 N–H and O–H groups in total. The van der Waals surface area contributed by atoms with Crippen LogP contribution in [0, 0.1) is 0 Å². The van der Waals surface area contributed by atoms with Crippen LogP contribution >= 0.6 is 0 Å². The summed E-state index contributed by atoms with van der Waals surface area (Å²) in [6.07, 6.45) is -0.643. The zero-order chi connectivity index (χ0) is 24.4. The lowest BCUT2D eigenvalue weighted by Gasteiger charge is -2.16. The van der Waals surface area contributed by atoms with Crippen molar-refractivity contribution in [1.82, 2.24) is 9.97 Å². The maximum atomic E-state index is 12.8. The second-order valence-corrected chi connectivity index (χ2v) is 7.91. The Hall–Kier alpha value is -4.53. The Morgan fingerprint density at radius 2 is 1.86 bits per heavy atom. The zero-order valence-electron chi connectivity index (χ0n) is 19.2. The minimum Gasteiger partial charge on any atom is -0.497 e. The minimum atomic E-state index is -0.958. The summed E-state index contributed by atoms with van der Waals surface area (Å²) in [6.45, 7) is 1.92. The molecule has 0 saturated heterocycles. The van der Waals surface area contributed by atoms with Crippen molar-refractivity contribution in [2.24, 2.45) is 0 Å². The van der Waals surface area contributed by atoms with Crippen molar-refractivity contribution in [1.29, 1.82) is 0 Å². The van der Waals surface area contributed by atoms with Gasteiger partial charge in [-0.15, -0.1) is 0 Å². The van der Waals surface area contributed by atoms with E-state index in [2.05, 4.69) is 15.3 Å². The molecule has 1 aliphatic rings. The summed E-state index contributed by atoms with van der Waals surface area (Å²) in [7, 11) is 1.61. The molecule has 2 heterocycles. The number of imidazole rings is 1. The van der Waals surface area contributed by atoms with Crippen LogP contribution in [0.5, 0.6) is 17.2 Å². The Labute approximate surface area is 201 Å². The Kier molecular flexibility index (Phi) is 5.97. The standard InChI is InChI=1S/C26H23N3O6/c1-3-21(25(30)27-17-7-11-22-23(13-17)34-14-33-22)35-26(31)16-6-10-19-20(12-16)29-24(28-19)15-4-8-18(32-2)9-5-15/h4-13,21H,3,14H2,1-2H3,(H,27,30)(H,28,29). The number of amides is 1. The first kappa shape index (κ1) is 22.3. The van der Waals surface area contributed by atoms with Gasteiger partial charge in [0.25, 0.3) is 5.91 Å². The molecule has 0 bridgehead atoms. The largest absolute Gasteiger partial charge is 0.497 e. The van der Waals surface area contributed by atoms with E-state index in [1.165, 1.54) is 0 Å². The van der Waals surface area contributed by atoms with E-state index >= 15 is 0 Å². The topological polar surface area (TPSA) is 112 Å². The summed E-state index contributed by atoms with van der Waals surface area (Å²) >= 11 is 0. The van der Waals surface area contributed by atoms with Gasteiger partial charge in [0.1, 0.15) is 11.6 Å². The Bertz CT molecular complexity index is 1400. The number of esters is 1. The van der Waals surface area contributed by atoms with Gasteiger partial charge < -0.3 is 29.2 Å². The summed E-state index contributed by atoms with van der Waals surface area (Å²) in [5.74, 6) is 1.57. The molecule has 3 aromatic carbocycles. The third-order valence-electron chi connectivity index (χ3n) is 5.63. The van der Waals surface area contributed by atoms with Gasteiger partial charge in [-0.25, -0.2) is 9.78 Å². The van der Waals surface area contributed by atoms with Gasteiger partial charge >= 0.3 is 5.97 Å². The van der Waals surface area contributed by atoms with Crippen LogP contribution in [-0.2, 0) is 9.53 Å². The molecule has 0 fully saturated rings. The van der Waals surface area contributed by atoms with E-state index in [0.717, 1.165) is 11.3 Å². The van der Waals surface area contributed by atoms with Gasteiger partial charge in [-0.2, -0.15) is 0 Å². The molecule has 0 spiro atoms. The summed E-state index contributed by atoms with van der Waals surface area (Å²) in [5, 5.41) is 2.76. The monoisotopic (exact) mass is 473 g/mol. The van der Waals surface area contributed by atoms with Crippen molar-refractivity contribution in [2.75, 3.05) is 19.2 Å². The van der Waals surface area contributed by atoms with Gasteiger partial charge in [-0.1, -0.05) is 6.92 Å². The third-order valence-corrected chi connectivity index (χ3v) is 5.63. The summed E-state index contributed by atoms with van der Waals surface area (Å²) in [5.41, 5.74) is 3.12. The fourth-order valence-electron chi connectivity index (χ4n) is 3.74. The SMILES string of the molecule is CCC(OC(=O)c1ccc2nc(-c3ccc(OC)cc3)[nH]c2c1)C(=O)Nc1ccc2c(c1)OCO2. The minimum absolute atomic E-state index is 0.143. The Balaban J connectivity index is 1.28. The number of aromatic amines is 1. The molecule has 5 rings (SSSR count). The highest BCUT2D eigenvalue weighted by atomic mass is 16.7. The van der Waals surface area contributed by atoms with E-state index in [1.54, 1.807) is 50.4 Å². The average Bonchev–Trinajstić information content (AvgIpc) is 3.53. The predicted octanol–water partition coefficient (Wildman–Crippen LogP) is 4.54. The van der Waals surface area contributed by atoms with Crippen LogP contribution in [-0.4, -0.2) is 41.9 Å². The van der Waals surface area contributed by atoms with Crippen molar-refractivity contribution in [3.8, 4) is 28.6 Å². The molecule has 0 saturated carbocycles. The van der Waals surface area contributed by atoms with Crippen molar-refractivity contribution < 1.29 is 28.5 Å². The second kappa shape index (κ2) is 9.38. The van der Waals surface area contributed by atoms with Crippen molar-refractivity contribution in [3.63, 3.8) is 0 Å². The van der Waals surface area contributed by atoms with Crippen LogP contribution in [0.2, 0.25) is 0 Å². The van der Waals surface area contributed by atoms with E-state index in [-0.39, 0.29) is 6.79 Å². The highest BCUT2D eigenvalue weighted by Gasteiger charge is 2.23. The number of hydrogen-bond donors (Lipinski definition) is 2. The number of hydrogen-bond acceptors (Lipinski definition) is 7. The lowest BCUT2D eigenvalue weighted by atomic mass is 10.2. The van der Waals surface area contributed by atoms with Crippen molar-refractivity contribution in [2.45, 2.75) is 19.4 Å². The molecule has 9 heteroatoms. The van der Waals surface area contributed by atoms with E-state index in [4.69, 9.17) is 18.9 Å². The Morgan fingerprint density at radius 3 is 2.63 bits per heavy atom. The first-order valence-electron chi connectivity index (χ1n) is 11.1. The number of carbonyl (C=O) groups is 2. The second-order valence-electron chi connectivity index (χ2n) is 7.91. The molecule has 9 nitrogen and oxygen atoms in total. The van der Waals surface area contributed by atoms with Crippen LogP contribution in [0.4, 0.5) is 5.69 Å². The van der Waals surface area contributed by atoms with Gasteiger partial charge in [0.05, 0.1) is 23.7 Å². The normalized spacial score (nSPS) is 12.9. The molecule has 1 amide bonds. The first-order chi connectivity index (χ1) is 17.0. The summed E-state index contributed by atoms with van der Waals surface area (Å²) in [4.78, 5) is 33.4. The maximum Gasteiger partial charge on any atom is 0.338 e. The average molecular weight is 473 g/mol. The van der Waals surface area contributed by atoms with Crippen LogP contribution in [0.25, 0.3) is 22.4 Å². The summed E-state index contributed by atoms with van der Waals surface area (Å²) in [6, 6.07) is 17.6. The smallest absolute Gasteiger partial charge is 0.338 e. The molecule has 0 aliphatic carbocycles. The highest BCUT2D eigenvalue weighted by Crippen LogP contribution is 2.34. The molecule has 1 aliphatic heterocycles. The number of rotatable bonds is 7. The van der Waals surface area contributed by atoms with Crippen molar-refractivity contribution >= 4 is 28.6 Å². The van der Waals surface area contributed by atoms with E-state index in [1.807, 2.05) is 24.3 Å². The number of benzene rings is 3. The predicted molar refractivity (Wildman–Crippen MR) is 129 cm³/mol. The molecular weight excluding hydrogens is 450 g/mol. The number of anilines is 1. The van der Waals surface area contributed by atoms with E-state index in [9.17, 15) is 9.59 Å². The fraction of sp³-hybridized carbons (Fsp3) is 0.192. The number of carbonyl (C=O) groups excluding carboxylic acids is 2. The molecule has 1 unspecified atom stereocenters. The maximum absolute atomic E-state index is 12.8. The molecule has 0 radical (unpaired) electrons. The van der Waals surface area contributed by atoms with E-state index in [0.29, 0.717) is 46.0 Å². The van der Waals surface area contributed by atoms with Crippen LogP contribution < -0.4 is 19.5 Å². The third kappa shape index (κ3) is 4.61. The van der Waals surface area contributed by atoms with E-state index < -0.39 is 18.0 Å². The highest BCUT2D eigenvalue weighted by molar-refractivity contribution is 5.99. The number of nitrogens with one attached hydrogen (secondary N) is 2. The van der Waals surface area contributed by atoms with Crippen LogP contribution in [0.3, 0.4) is 0 Å². The first-order valence-corrected chi connectivity index (χ1v) is 11.1. The van der Waals surface area contributed by atoms with Gasteiger partial charge in [0.2, 0.25) is 6.79 Å². The number of ether oxygens (including phenoxy) is 4. The zero-order valence-corrected chi connectivity index (χ0v) is 19.2. The van der Waals surface area contributed by atoms with Crippen molar-refractivity contribution in [3.05, 3.63) is 66.2 Å². The van der Waals surface area contributed by atoms with Gasteiger partial charge in [-0.05, 0) is 61.0 Å². The van der Waals surface area contributed by atoms with Gasteiger partial charge in [0.15, 0.2) is 17.6 Å². The molecule has 178 valence electrons. The molecular formula is C26H23N3O6. The number of fused-ring (bicyclic) bond motifs is 2. The van der Waals surface area contributed by atoms with Crippen LogP contribution in [0.1, 0.15) is 23.7 Å². The number of nitrogens with zero attached hydrogens (tertiary/aromatic N) is 1. The molecule has 1 aromatic heterocycles. The summed E-state index contributed by atoms with van der Waals surface area (Å²) < 4.78 is 21.3. The van der Waals surface area contributed by atoms with Gasteiger partial charge in [0, 0.05) is 17.3 Å². The van der Waals surface area contributed by atoms with Gasteiger partial charge in [-0.3, -0.25) is 4.79 Å². The lowest BCUT2D eigenvalue weighted by molar-refractivity contribution is -0.124. The molecule has 1 atom stereocenters. The fourth-order valence-corrected chi connectivity index (χ4v) is 3.74. The molecule has 35 heavy (non-hydrogen) atoms.